The summed E-state index contributed by atoms with van der Waals surface area (Å²) in [5, 5.41) is -15.3. The van der Waals surface area contributed by atoms with Gasteiger partial charge in [0.15, 0.2) is 0 Å². The van der Waals surface area contributed by atoms with E-state index in [4.69, 9.17) is 9.11 Å². The lowest BCUT2D eigenvalue weighted by atomic mass is 10.00. The molecule has 0 bridgehead atoms. The Labute approximate surface area is 212 Å². The highest BCUT2D eigenvalue weighted by molar-refractivity contribution is 7.87. The molecule has 2 N–H and O–H groups in total. The Morgan fingerprint density at radius 1 is 0.439 bits per heavy atom. The van der Waals surface area contributed by atoms with Gasteiger partial charge in [0.2, 0.25) is 0 Å². The number of alkyl halides is 18. The van der Waals surface area contributed by atoms with Gasteiger partial charge in [-0.2, -0.15) is 82.7 Å². The van der Waals surface area contributed by atoms with Crippen LogP contribution >= 0.6 is 0 Å². The first-order chi connectivity index (χ1) is 17.1. The van der Waals surface area contributed by atoms with E-state index in [0.717, 1.165) is 0 Å². The molecule has 0 fully saturated rings. The number of halogens is 18. The lowest BCUT2D eigenvalue weighted by Gasteiger charge is -2.43. The van der Waals surface area contributed by atoms with Crippen LogP contribution in [0.5, 0.6) is 0 Å². The fraction of sp³-hybridized carbons (Fsp3) is 1.00. The van der Waals surface area contributed by atoms with Gasteiger partial charge in [-0.05, 0) is 6.92 Å². The summed E-state index contributed by atoms with van der Waals surface area (Å²) < 4.78 is 307. The van der Waals surface area contributed by atoms with E-state index in [2.05, 4.69) is 0 Å². The molecule has 0 aliphatic carbocycles. The van der Waals surface area contributed by atoms with Crippen LogP contribution in [-0.2, 0) is 34.4 Å². The molecule has 248 valence electrons. The van der Waals surface area contributed by atoms with E-state index in [1.54, 1.807) is 4.74 Å². The van der Waals surface area contributed by atoms with Crippen LogP contribution in [0, 0.1) is 0 Å². The zero-order chi connectivity index (χ0) is 34.1. The predicted molar refractivity (Wildman–Crippen MR) is 85.0 cm³/mol. The summed E-state index contributed by atoms with van der Waals surface area (Å²) in [5.74, 6) is -14.3. The molecular formula is C12H8F18O9S2. The topological polar surface area (TPSA) is 136 Å². The molecule has 0 heterocycles. The van der Waals surface area contributed by atoms with Crippen molar-refractivity contribution in [1.29, 1.82) is 0 Å². The molecule has 2 unspecified atom stereocenters. The van der Waals surface area contributed by atoms with Crippen molar-refractivity contribution in [3.05, 3.63) is 0 Å². The van der Waals surface area contributed by atoms with Gasteiger partial charge in [-0.25, -0.2) is 22.6 Å². The zero-order valence-corrected chi connectivity index (χ0v) is 20.0. The van der Waals surface area contributed by atoms with Crippen LogP contribution in [-0.4, -0.2) is 84.4 Å². The lowest BCUT2D eigenvalue weighted by Crippen LogP contribution is -2.70. The van der Waals surface area contributed by atoms with Gasteiger partial charge in [0.05, 0.1) is 0 Å². The summed E-state index contributed by atoms with van der Waals surface area (Å²) in [6.07, 6.45) is -40.1. The van der Waals surface area contributed by atoms with Gasteiger partial charge in [-0.3, -0.25) is 13.8 Å². The van der Waals surface area contributed by atoms with Gasteiger partial charge < -0.3 is 0 Å². The van der Waals surface area contributed by atoms with Crippen molar-refractivity contribution in [3.63, 3.8) is 0 Å². The standard InChI is InChI=1S/C12H8F18O9S2/c1-3(13,4(2,14)15)6(17,18)38-7(19,20)5(16,37-9(23,24)11(27,28)40(31,32)33)8(21,22)39-10(25,26)12(29,30)41(34,35)36/h1-2H3,(H,31,32,33)(H,34,35,36). The Morgan fingerprint density at radius 2 is 0.683 bits per heavy atom. The summed E-state index contributed by atoms with van der Waals surface area (Å²) in [6, 6.07) is 0. The first-order valence-corrected chi connectivity index (χ1v) is 11.4. The second-order valence-corrected chi connectivity index (χ2v) is 10.3. The molecule has 0 saturated carbocycles. The Hall–Kier alpha value is -1.56. The van der Waals surface area contributed by atoms with Crippen molar-refractivity contribution >= 4 is 20.2 Å². The summed E-state index contributed by atoms with van der Waals surface area (Å²) in [5.41, 5.74) is -6.04. The molecular weight excluding hydrogens is 694 g/mol. The van der Waals surface area contributed by atoms with Crippen LogP contribution in [0.1, 0.15) is 13.8 Å². The molecule has 0 aromatic rings. The average molecular weight is 702 g/mol. The minimum absolute atomic E-state index is 0.946. The third-order valence-corrected chi connectivity index (χ3v) is 6.00. The summed E-state index contributed by atoms with van der Waals surface area (Å²) >= 11 is 0. The third-order valence-electron chi connectivity index (χ3n) is 4.23. The van der Waals surface area contributed by atoms with Gasteiger partial charge >= 0.3 is 67.1 Å². The van der Waals surface area contributed by atoms with E-state index >= 15 is 0 Å². The highest BCUT2D eigenvalue weighted by atomic mass is 32.2. The quantitative estimate of drug-likeness (QED) is 0.189. The van der Waals surface area contributed by atoms with Crippen LogP contribution in [0.25, 0.3) is 0 Å². The molecule has 0 radical (unpaired) electrons. The maximum absolute atomic E-state index is 14.7. The molecule has 2 atom stereocenters. The Balaban J connectivity index is 7.53. The molecule has 0 amide bonds. The molecule has 0 aliphatic heterocycles. The van der Waals surface area contributed by atoms with Crippen LogP contribution in [0.15, 0.2) is 0 Å². The summed E-state index contributed by atoms with van der Waals surface area (Å²) in [7, 11) is -15.7. The zero-order valence-electron chi connectivity index (χ0n) is 18.4. The predicted octanol–water partition coefficient (Wildman–Crippen LogP) is 5.01. The van der Waals surface area contributed by atoms with E-state index < -0.39 is 92.6 Å². The smallest absolute Gasteiger partial charge is 0.281 e. The largest absolute Gasteiger partial charge is 0.460 e. The van der Waals surface area contributed by atoms with Crippen molar-refractivity contribution in [2.75, 3.05) is 0 Å². The molecule has 0 saturated heterocycles. The van der Waals surface area contributed by atoms with Gasteiger partial charge in [0.25, 0.3) is 11.6 Å². The lowest BCUT2D eigenvalue weighted by molar-refractivity contribution is -0.573. The minimum Gasteiger partial charge on any atom is -0.281 e. The number of hydrogen-bond donors (Lipinski definition) is 2. The third kappa shape index (κ3) is 6.53. The van der Waals surface area contributed by atoms with Gasteiger partial charge in [0.1, 0.15) is 0 Å². The van der Waals surface area contributed by atoms with Crippen LogP contribution in [0.4, 0.5) is 79.0 Å². The normalized spacial score (nSPS) is 19.1. The van der Waals surface area contributed by atoms with Crippen molar-refractivity contribution in [2.45, 2.75) is 72.3 Å². The molecule has 0 aromatic heterocycles. The molecule has 0 rings (SSSR count). The summed E-state index contributed by atoms with van der Waals surface area (Å²) in [4.78, 5) is 0. The first kappa shape index (κ1) is 39.4. The van der Waals surface area contributed by atoms with E-state index in [9.17, 15) is 95.9 Å². The van der Waals surface area contributed by atoms with Crippen LogP contribution in [0.3, 0.4) is 0 Å². The fourth-order valence-corrected chi connectivity index (χ4v) is 2.37. The SMILES string of the molecule is CC(F)(F)C(C)(F)C(F)(F)OC(F)(F)C(F)(OC(F)(F)C(F)(F)S(=O)(=O)O)C(F)(F)OC(F)(F)C(F)(F)S(=O)(=O)O. The second-order valence-electron chi connectivity index (χ2n) is 7.36. The number of hydrogen-bond acceptors (Lipinski definition) is 7. The number of ether oxygens (including phenoxy) is 3. The maximum Gasteiger partial charge on any atom is 0.460 e. The Kier molecular flexibility index (Phi) is 9.61. The van der Waals surface area contributed by atoms with Crippen molar-refractivity contribution in [3.8, 4) is 0 Å². The van der Waals surface area contributed by atoms with Crippen LogP contribution in [0.2, 0.25) is 0 Å². The van der Waals surface area contributed by atoms with Crippen molar-refractivity contribution in [1.82, 2.24) is 0 Å². The van der Waals surface area contributed by atoms with E-state index in [1.165, 1.54) is 9.47 Å². The minimum atomic E-state index is -8.60. The fourth-order valence-electron chi connectivity index (χ4n) is 1.69. The molecule has 0 aromatic carbocycles. The first-order valence-electron chi connectivity index (χ1n) is 8.57. The number of rotatable bonds is 14. The summed E-state index contributed by atoms with van der Waals surface area (Å²) in [6.45, 7) is -2.13. The maximum atomic E-state index is 14.7. The van der Waals surface area contributed by atoms with Crippen molar-refractivity contribution < 1.29 is 119 Å². The molecule has 29 heteroatoms. The monoisotopic (exact) mass is 702 g/mol. The van der Waals surface area contributed by atoms with Crippen molar-refractivity contribution in [2.24, 2.45) is 0 Å². The van der Waals surface area contributed by atoms with E-state index in [-0.39, 0.29) is 0 Å². The molecule has 41 heavy (non-hydrogen) atoms. The highest BCUT2D eigenvalue weighted by Gasteiger charge is 2.86. The Morgan fingerprint density at radius 3 is 0.927 bits per heavy atom. The van der Waals surface area contributed by atoms with E-state index in [1.807, 2.05) is 0 Å². The molecule has 9 nitrogen and oxygen atoms in total. The van der Waals surface area contributed by atoms with Gasteiger partial charge in [-0.15, -0.1) is 0 Å². The molecule has 0 spiro atoms. The average Bonchev–Trinajstić information content (AvgIpc) is 2.62. The van der Waals surface area contributed by atoms with Crippen LogP contribution < -0.4 is 0 Å². The van der Waals surface area contributed by atoms with Gasteiger partial charge in [-0.1, -0.05) is 0 Å². The van der Waals surface area contributed by atoms with E-state index in [0.29, 0.717) is 0 Å². The molecule has 0 aliphatic rings. The Bertz CT molecular complexity index is 1190. The second kappa shape index (κ2) is 9.99. The van der Waals surface area contributed by atoms with Gasteiger partial charge in [0, 0.05) is 6.92 Å². The highest BCUT2D eigenvalue weighted by Crippen LogP contribution is 2.57.